The molecule has 0 unspecified atom stereocenters. The molecule has 2 amide bonds. The van der Waals surface area contributed by atoms with Gasteiger partial charge in [0.1, 0.15) is 5.75 Å². The molecule has 0 aliphatic rings. The van der Waals surface area contributed by atoms with Gasteiger partial charge in [0.15, 0.2) is 6.61 Å². The standard InChI is InChI=1S/C16H24N2O3/c1-5-18(6-2)15(19)11-17(4)16(20)12-21-14-9-7-8-13(3)10-14/h7-10H,5-6,11-12H2,1-4H3. The molecule has 21 heavy (non-hydrogen) atoms. The van der Waals surface area contributed by atoms with E-state index in [2.05, 4.69) is 0 Å². The molecule has 5 nitrogen and oxygen atoms in total. The van der Waals surface area contributed by atoms with E-state index in [1.54, 1.807) is 18.0 Å². The van der Waals surface area contributed by atoms with Gasteiger partial charge >= 0.3 is 0 Å². The molecule has 5 heteroatoms. The number of carbonyl (C=O) groups is 2. The molecule has 0 fully saturated rings. The molecule has 0 atom stereocenters. The third-order valence-electron chi connectivity index (χ3n) is 3.27. The predicted octanol–water partition coefficient (Wildman–Crippen LogP) is 1.70. The zero-order valence-corrected chi connectivity index (χ0v) is 13.3. The van der Waals surface area contributed by atoms with Crippen molar-refractivity contribution in [1.82, 2.24) is 9.80 Å². The number of hydrogen-bond donors (Lipinski definition) is 0. The highest BCUT2D eigenvalue weighted by Gasteiger charge is 2.16. The molecule has 0 aromatic heterocycles. The van der Waals surface area contributed by atoms with Crippen LogP contribution < -0.4 is 4.74 Å². The Labute approximate surface area is 126 Å². The number of likely N-dealkylation sites (N-methyl/N-ethyl adjacent to an activating group) is 2. The van der Waals surface area contributed by atoms with Crippen LogP contribution in [-0.4, -0.2) is 54.9 Å². The predicted molar refractivity (Wildman–Crippen MR) is 82.2 cm³/mol. The highest BCUT2D eigenvalue weighted by molar-refractivity contribution is 5.85. The zero-order chi connectivity index (χ0) is 15.8. The Hall–Kier alpha value is -2.04. The maximum Gasteiger partial charge on any atom is 0.260 e. The molecule has 0 saturated heterocycles. The lowest BCUT2D eigenvalue weighted by atomic mass is 10.2. The van der Waals surface area contributed by atoms with Gasteiger partial charge in [-0.1, -0.05) is 12.1 Å². The summed E-state index contributed by atoms with van der Waals surface area (Å²) in [6.45, 7) is 7.12. The van der Waals surface area contributed by atoms with Crippen LogP contribution >= 0.6 is 0 Å². The van der Waals surface area contributed by atoms with Crippen LogP contribution in [0.2, 0.25) is 0 Å². The van der Waals surface area contributed by atoms with E-state index in [4.69, 9.17) is 4.74 Å². The molecule has 0 N–H and O–H groups in total. The van der Waals surface area contributed by atoms with Gasteiger partial charge in [-0.2, -0.15) is 0 Å². The lowest BCUT2D eigenvalue weighted by molar-refractivity contribution is -0.140. The third-order valence-corrected chi connectivity index (χ3v) is 3.27. The summed E-state index contributed by atoms with van der Waals surface area (Å²) in [6, 6.07) is 7.52. The molecule has 1 rings (SSSR count). The van der Waals surface area contributed by atoms with Gasteiger partial charge in [-0.15, -0.1) is 0 Å². The van der Waals surface area contributed by atoms with Gasteiger partial charge in [-0.05, 0) is 38.5 Å². The minimum atomic E-state index is -0.211. The Balaban J connectivity index is 2.46. The number of ether oxygens (including phenoxy) is 1. The van der Waals surface area contributed by atoms with E-state index < -0.39 is 0 Å². The molecule has 0 radical (unpaired) electrons. The molecular weight excluding hydrogens is 268 g/mol. The number of hydrogen-bond acceptors (Lipinski definition) is 3. The summed E-state index contributed by atoms with van der Waals surface area (Å²) in [6.07, 6.45) is 0. The van der Waals surface area contributed by atoms with Crippen LogP contribution in [0.3, 0.4) is 0 Å². The molecule has 116 valence electrons. The van der Waals surface area contributed by atoms with Crippen molar-refractivity contribution in [1.29, 1.82) is 0 Å². The first-order chi connectivity index (χ1) is 9.97. The Bertz CT molecular complexity index is 484. The topological polar surface area (TPSA) is 49.9 Å². The fourth-order valence-corrected chi connectivity index (χ4v) is 1.93. The molecule has 1 aromatic carbocycles. The monoisotopic (exact) mass is 292 g/mol. The number of benzene rings is 1. The summed E-state index contributed by atoms with van der Waals surface area (Å²) in [5.41, 5.74) is 1.07. The van der Waals surface area contributed by atoms with Gasteiger partial charge in [0, 0.05) is 20.1 Å². The quantitative estimate of drug-likeness (QED) is 0.768. The second-order valence-electron chi connectivity index (χ2n) is 4.92. The van der Waals surface area contributed by atoms with Gasteiger partial charge in [-0.25, -0.2) is 0 Å². The summed E-state index contributed by atoms with van der Waals surface area (Å²) >= 11 is 0. The lowest BCUT2D eigenvalue weighted by Gasteiger charge is -2.23. The fraction of sp³-hybridized carbons (Fsp3) is 0.500. The third kappa shape index (κ3) is 5.45. The van der Waals surface area contributed by atoms with Crippen LogP contribution in [0.1, 0.15) is 19.4 Å². The maximum absolute atomic E-state index is 12.0. The van der Waals surface area contributed by atoms with Crippen LogP contribution in [0.4, 0.5) is 0 Å². The normalized spacial score (nSPS) is 10.1. The van der Waals surface area contributed by atoms with Gasteiger partial charge < -0.3 is 14.5 Å². The Morgan fingerprint density at radius 3 is 2.38 bits per heavy atom. The lowest BCUT2D eigenvalue weighted by Crippen LogP contribution is -2.42. The average molecular weight is 292 g/mol. The number of rotatable bonds is 7. The van der Waals surface area contributed by atoms with Crippen molar-refractivity contribution in [3.8, 4) is 5.75 Å². The zero-order valence-electron chi connectivity index (χ0n) is 13.3. The largest absolute Gasteiger partial charge is 0.484 e. The van der Waals surface area contributed by atoms with E-state index >= 15 is 0 Å². The Kier molecular flexibility index (Phi) is 6.72. The number of aryl methyl sites for hydroxylation is 1. The Morgan fingerprint density at radius 2 is 1.81 bits per heavy atom. The molecule has 0 aliphatic carbocycles. The van der Waals surface area contributed by atoms with Gasteiger partial charge in [-0.3, -0.25) is 9.59 Å². The number of nitrogens with zero attached hydrogens (tertiary/aromatic N) is 2. The maximum atomic E-state index is 12.0. The molecule has 0 heterocycles. The van der Waals surface area contributed by atoms with Crippen LogP contribution in [0.5, 0.6) is 5.75 Å². The van der Waals surface area contributed by atoms with Crippen molar-refractivity contribution in [2.45, 2.75) is 20.8 Å². The second kappa shape index (κ2) is 8.29. The summed E-state index contributed by atoms with van der Waals surface area (Å²) < 4.78 is 5.45. The second-order valence-corrected chi connectivity index (χ2v) is 4.92. The van der Waals surface area contributed by atoms with E-state index in [0.717, 1.165) is 5.56 Å². The van der Waals surface area contributed by atoms with E-state index in [1.807, 2.05) is 39.0 Å². The van der Waals surface area contributed by atoms with Crippen molar-refractivity contribution in [2.24, 2.45) is 0 Å². The first-order valence-corrected chi connectivity index (χ1v) is 7.19. The van der Waals surface area contributed by atoms with Crippen LogP contribution in [0, 0.1) is 6.92 Å². The van der Waals surface area contributed by atoms with Crippen LogP contribution in [0.25, 0.3) is 0 Å². The molecule has 0 saturated carbocycles. The fourth-order valence-electron chi connectivity index (χ4n) is 1.93. The van der Waals surface area contributed by atoms with E-state index in [-0.39, 0.29) is 25.0 Å². The summed E-state index contributed by atoms with van der Waals surface area (Å²) in [5.74, 6) is 0.398. The SMILES string of the molecule is CCN(CC)C(=O)CN(C)C(=O)COc1cccc(C)c1. The minimum Gasteiger partial charge on any atom is -0.484 e. The molecular formula is C16H24N2O3. The average Bonchev–Trinajstić information content (AvgIpc) is 2.46. The highest BCUT2D eigenvalue weighted by atomic mass is 16.5. The van der Waals surface area contributed by atoms with Gasteiger partial charge in [0.25, 0.3) is 5.91 Å². The molecule has 0 bridgehead atoms. The minimum absolute atomic E-state index is 0.0496. The van der Waals surface area contributed by atoms with E-state index in [9.17, 15) is 9.59 Å². The molecule has 0 spiro atoms. The van der Waals surface area contributed by atoms with Crippen molar-refractivity contribution in [3.63, 3.8) is 0 Å². The van der Waals surface area contributed by atoms with Crippen LogP contribution in [0.15, 0.2) is 24.3 Å². The van der Waals surface area contributed by atoms with Gasteiger partial charge in [0.05, 0.1) is 6.54 Å². The number of carbonyl (C=O) groups excluding carboxylic acids is 2. The molecule has 0 aliphatic heterocycles. The van der Waals surface area contributed by atoms with Gasteiger partial charge in [0.2, 0.25) is 5.91 Å². The smallest absolute Gasteiger partial charge is 0.260 e. The molecule has 1 aromatic rings. The first-order valence-electron chi connectivity index (χ1n) is 7.19. The van der Waals surface area contributed by atoms with Crippen LogP contribution in [-0.2, 0) is 9.59 Å². The highest BCUT2D eigenvalue weighted by Crippen LogP contribution is 2.12. The summed E-state index contributed by atoms with van der Waals surface area (Å²) in [7, 11) is 1.61. The van der Waals surface area contributed by atoms with E-state index in [0.29, 0.717) is 18.8 Å². The van der Waals surface area contributed by atoms with Crippen molar-refractivity contribution in [2.75, 3.05) is 33.3 Å². The Morgan fingerprint density at radius 1 is 1.14 bits per heavy atom. The van der Waals surface area contributed by atoms with Crippen molar-refractivity contribution in [3.05, 3.63) is 29.8 Å². The number of amides is 2. The van der Waals surface area contributed by atoms with Crippen molar-refractivity contribution >= 4 is 11.8 Å². The van der Waals surface area contributed by atoms with Crippen molar-refractivity contribution < 1.29 is 14.3 Å². The summed E-state index contributed by atoms with van der Waals surface area (Å²) in [5, 5.41) is 0. The van der Waals surface area contributed by atoms with E-state index in [1.165, 1.54) is 4.90 Å². The summed E-state index contributed by atoms with van der Waals surface area (Å²) in [4.78, 5) is 27.0. The first kappa shape index (κ1) is 17.0.